The Labute approximate surface area is 87.8 Å². The fraction of sp³-hybridized carbons (Fsp3) is 0.750. The molecule has 0 bridgehead atoms. The topological polar surface area (TPSA) is 101 Å². The van der Waals surface area contributed by atoms with E-state index < -0.39 is 30.9 Å². The minimum atomic E-state index is -4.47. The molecule has 0 aromatic rings. The van der Waals surface area contributed by atoms with Gasteiger partial charge in [0, 0.05) is 0 Å². The molecule has 0 saturated carbocycles. The lowest BCUT2D eigenvalue weighted by atomic mass is 10.0. The van der Waals surface area contributed by atoms with Crippen LogP contribution in [0.15, 0.2) is 0 Å². The highest BCUT2D eigenvalue weighted by Gasteiger charge is 2.40. The molecule has 0 spiro atoms. The van der Waals surface area contributed by atoms with E-state index >= 15 is 0 Å². The first-order valence-corrected chi connectivity index (χ1v) is 6.12. The van der Waals surface area contributed by atoms with Crippen molar-refractivity contribution in [2.45, 2.75) is 26.4 Å². The summed E-state index contributed by atoms with van der Waals surface area (Å²) in [5.41, 5.74) is -1.35. The van der Waals surface area contributed by atoms with Crippen LogP contribution >= 0.6 is 7.60 Å². The number of hydrogen-bond donors (Lipinski definition) is 2. The van der Waals surface area contributed by atoms with Crippen LogP contribution in [0.2, 0.25) is 0 Å². The average molecular weight is 238 g/mol. The number of ether oxygens (including phenoxy) is 1. The Balaban J connectivity index is 4.91. The lowest BCUT2D eigenvalue weighted by molar-refractivity contribution is -0.151. The van der Waals surface area contributed by atoms with E-state index in [0.29, 0.717) is 0 Å². The summed E-state index contributed by atoms with van der Waals surface area (Å²) in [5.74, 6) is -2.89. The molecule has 0 amide bonds. The molecule has 0 aliphatic carbocycles. The molecule has 6 nitrogen and oxygen atoms in total. The molecule has 2 N–H and O–H groups in total. The molecule has 0 radical (unpaired) electrons. The number of esters is 1. The van der Waals surface area contributed by atoms with Gasteiger partial charge >= 0.3 is 13.6 Å². The zero-order valence-corrected chi connectivity index (χ0v) is 9.73. The molecule has 2 atom stereocenters. The molecule has 0 aliphatic rings. The zero-order chi connectivity index (χ0) is 12.2. The molecule has 0 aromatic carbocycles. The first-order chi connectivity index (χ1) is 6.71. The fourth-order valence-electron chi connectivity index (χ4n) is 1.13. The maximum absolute atomic E-state index is 11.3. The number of Topliss-reactive ketones (excluding diaryl/α,β-unsaturated/α-hetero) is 1. The smallest absolute Gasteiger partial charge is 0.329 e. The number of rotatable bonds is 5. The molecule has 0 aromatic heterocycles. The average Bonchev–Trinajstić information content (AvgIpc) is 2.02. The quantitative estimate of drug-likeness (QED) is 0.406. The third kappa shape index (κ3) is 4.11. The third-order valence-electron chi connectivity index (χ3n) is 1.99. The highest BCUT2D eigenvalue weighted by molar-refractivity contribution is 7.52. The first-order valence-electron chi connectivity index (χ1n) is 4.44. The molecule has 7 heteroatoms. The van der Waals surface area contributed by atoms with Crippen molar-refractivity contribution >= 4 is 19.3 Å². The SMILES string of the molecule is CCOC(=O)C(C(C)=O)C(C)P(=O)(O)O. The maximum Gasteiger partial charge on any atom is 0.329 e. The first kappa shape index (κ1) is 14.3. The van der Waals surface area contributed by atoms with Crippen molar-refractivity contribution in [2.75, 3.05) is 6.61 Å². The normalized spacial score (nSPS) is 15.5. The van der Waals surface area contributed by atoms with Crippen LogP contribution in [0, 0.1) is 5.92 Å². The van der Waals surface area contributed by atoms with Gasteiger partial charge in [-0.25, -0.2) is 0 Å². The van der Waals surface area contributed by atoms with Crippen molar-refractivity contribution in [1.82, 2.24) is 0 Å². The number of hydrogen-bond acceptors (Lipinski definition) is 4. The lowest BCUT2D eigenvalue weighted by Gasteiger charge is -2.20. The summed E-state index contributed by atoms with van der Waals surface area (Å²) in [6.45, 7) is 3.88. The molecule has 2 unspecified atom stereocenters. The fourth-order valence-corrected chi connectivity index (χ4v) is 1.85. The predicted molar refractivity (Wildman–Crippen MR) is 52.3 cm³/mol. The monoisotopic (exact) mass is 238 g/mol. The van der Waals surface area contributed by atoms with Gasteiger partial charge in [0.05, 0.1) is 12.3 Å². The minimum absolute atomic E-state index is 0.0660. The van der Waals surface area contributed by atoms with Gasteiger partial charge in [-0.1, -0.05) is 0 Å². The van der Waals surface area contributed by atoms with E-state index in [1.54, 1.807) is 6.92 Å². The van der Waals surface area contributed by atoms with Gasteiger partial charge in [-0.2, -0.15) is 0 Å². The van der Waals surface area contributed by atoms with E-state index in [0.717, 1.165) is 13.8 Å². The second-order valence-electron chi connectivity index (χ2n) is 3.17. The Bertz CT molecular complexity index is 294. The Morgan fingerprint density at radius 3 is 2.13 bits per heavy atom. The highest BCUT2D eigenvalue weighted by Crippen LogP contribution is 2.45. The predicted octanol–water partition coefficient (Wildman–Crippen LogP) is 0.321. The van der Waals surface area contributed by atoms with Gasteiger partial charge in [-0.3, -0.25) is 14.2 Å². The van der Waals surface area contributed by atoms with Crippen LogP contribution in [0.5, 0.6) is 0 Å². The van der Waals surface area contributed by atoms with Gasteiger partial charge in [0.25, 0.3) is 0 Å². The van der Waals surface area contributed by atoms with E-state index in [2.05, 4.69) is 4.74 Å². The van der Waals surface area contributed by atoms with Crippen molar-refractivity contribution in [1.29, 1.82) is 0 Å². The lowest BCUT2D eigenvalue weighted by Crippen LogP contribution is -2.33. The Kier molecular flexibility index (Phi) is 5.14. The van der Waals surface area contributed by atoms with Crippen LogP contribution in [0.3, 0.4) is 0 Å². The van der Waals surface area contributed by atoms with E-state index in [4.69, 9.17) is 9.79 Å². The summed E-state index contributed by atoms with van der Waals surface area (Å²) in [6, 6.07) is 0. The minimum Gasteiger partial charge on any atom is -0.465 e. The van der Waals surface area contributed by atoms with Crippen LogP contribution in [0.4, 0.5) is 0 Å². The maximum atomic E-state index is 11.3. The standard InChI is InChI=1S/C8H15O6P/c1-4-14-8(10)7(5(2)9)6(3)15(11,12)13/h6-7H,4H2,1-3H3,(H2,11,12,13). The van der Waals surface area contributed by atoms with Crippen molar-refractivity contribution in [3.8, 4) is 0 Å². The molecule has 0 fully saturated rings. The summed E-state index contributed by atoms with van der Waals surface area (Å²) in [6.07, 6.45) is 0. The van der Waals surface area contributed by atoms with Crippen LogP contribution in [-0.4, -0.2) is 33.8 Å². The molecular formula is C8H15O6P. The van der Waals surface area contributed by atoms with Gasteiger partial charge in [0.15, 0.2) is 0 Å². The van der Waals surface area contributed by atoms with Crippen LogP contribution in [0.1, 0.15) is 20.8 Å². The second kappa shape index (κ2) is 5.39. The Hall–Kier alpha value is -0.710. The van der Waals surface area contributed by atoms with Crippen LogP contribution in [0.25, 0.3) is 0 Å². The molecule has 88 valence electrons. The molecule has 0 saturated heterocycles. The third-order valence-corrected chi connectivity index (χ3v) is 3.35. The van der Waals surface area contributed by atoms with Gasteiger partial charge in [0.1, 0.15) is 11.7 Å². The summed E-state index contributed by atoms with van der Waals surface area (Å²) in [7, 11) is -4.47. The number of ketones is 1. The summed E-state index contributed by atoms with van der Waals surface area (Å²) < 4.78 is 15.5. The van der Waals surface area contributed by atoms with E-state index in [9.17, 15) is 14.2 Å². The molecular weight excluding hydrogens is 223 g/mol. The van der Waals surface area contributed by atoms with E-state index in [1.807, 2.05) is 0 Å². The van der Waals surface area contributed by atoms with Gasteiger partial charge in [-0.15, -0.1) is 0 Å². The van der Waals surface area contributed by atoms with Gasteiger partial charge in [-0.05, 0) is 20.8 Å². The molecule has 0 heterocycles. The van der Waals surface area contributed by atoms with Gasteiger partial charge < -0.3 is 14.5 Å². The van der Waals surface area contributed by atoms with Crippen molar-refractivity contribution < 1.29 is 28.7 Å². The van der Waals surface area contributed by atoms with Crippen LogP contribution in [-0.2, 0) is 18.9 Å². The van der Waals surface area contributed by atoms with Crippen LogP contribution < -0.4 is 0 Å². The largest absolute Gasteiger partial charge is 0.465 e. The van der Waals surface area contributed by atoms with E-state index in [1.165, 1.54) is 0 Å². The van der Waals surface area contributed by atoms with E-state index in [-0.39, 0.29) is 6.61 Å². The summed E-state index contributed by atoms with van der Waals surface area (Å²) in [5, 5.41) is 0. The van der Waals surface area contributed by atoms with Gasteiger partial charge in [0.2, 0.25) is 0 Å². The number of carbonyl (C=O) groups excluding carboxylic acids is 2. The second-order valence-corrected chi connectivity index (χ2v) is 5.16. The van der Waals surface area contributed by atoms with Crippen molar-refractivity contribution in [3.05, 3.63) is 0 Å². The van der Waals surface area contributed by atoms with Crippen molar-refractivity contribution in [2.24, 2.45) is 5.92 Å². The summed E-state index contributed by atoms with van der Waals surface area (Å²) >= 11 is 0. The Morgan fingerprint density at radius 2 is 1.87 bits per heavy atom. The molecule has 15 heavy (non-hydrogen) atoms. The number of carbonyl (C=O) groups is 2. The summed E-state index contributed by atoms with van der Waals surface area (Å²) in [4.78, 5) is 40.1. The van der Waals surface area contributed by atoms with Crippen molar-refractivity contribution in [3.63, 3.8) is 0 Å². The zero-order valence-electron chi connectivity index (χ0n) is 8.84. The molecule has 0 aliphatic heterocycles. The Morgan fingerprint density at radius 1 is 1.40 bits per heavy atom. The molecule has 0 rings (SSSR count). The highest BCUT2D eigenvalue weighted by atomic mass is 31.2.